The van der Waals surface area contributed by atoms with Crippen molar-refractivity contribution in [3.8, 4) is 34.1 Å². The topological polar surface area (TPSA) is 105 Å². The molecule has 0 saturated heterocycles. The first-order valence-corrected chi connectivity index (χ1v) is 18.0. The van der Waals surface area contributed by atoms with E-state index in [2.05, 4.69) is 26.3 Å². The van der Waals surface area contributed by atoms with Gasteiger partial charge in [-0.2, -0.15) is 0 Å². The van der Waals surface area contributed by atoms with Gasteiger partial charge in [0.25, 0.3) is 0 Å². The first kappa shape index (κ1) is 39.4. The average Bonchev–Trinajstić information content (AvgIpc) is 3.19. The summed E-state index contributed by atoms with van der Waals surface area (Å²) in [6.07, 6.45) is 0. The normalized spacial score (nSPS) is 10.8. The predicted molar refractivity (Wildman–Crippen MR) is 223 cm³/mol. The second kappa shape index (κ2) is 16.6. The molecule has 0 aliphatic heterocycles. The highest BCUT2D eigenvalue weighted by atomic mass is 16.5. The molecule has 0 unspecified atom stereocenters. The van der Waals surface area contributed by atoms with Crippen LogP contribution in [0.3, 0.4) is 0 Å². The van der Waals surface area contributed by atoms with Crippen molar-refractivity contribution in [2.75, 3.05) is 0 Å². The van der Waals surface area contributed by atoms with Gasteiger partial charge < -0.3 is 18.9 Å². The van der Waals surface area contributed by atoms with Gasteiger partial charge in [0.15, 0.2) is 0 Å². The fraction of sp³-hybridized carbons (Fsp3) is 0.102. The first-order valence-electron chi connectivity index (χ1n) is 18.0. The molecule has 0 heterocycles. The van der Waals surface area contributed by atoms with E-state index in [0.29, 0.717) is 32.7 Å². The van der Waals surface area contributed by atoms with Crippen molar-refractivity contribution < 1.29 is 38.1 Å². The third-order valence-corrected chi connectivity index (χ3v) is 9.13. The Kier molecular flexibility index (Phi) is 11.5. The molecule has 6 rings (SSSR count). The van der Waals surface area contributed by atoms with Crippen LogP contribution >= 0.6 is 0 Å². The summed E-state index contributed by atoms with van der Waals surface area (Å²) in [5.74, 6) is -2.20. The molecule has 0 amide bonds. The van der Waals surface area contributed by atoms with Crippen molar-refractivity contribution in [3.05, 3.63) is 181 Å². The Morgan fingerprint density at radius 3 is 1.23 bits per heavy atom. The summed E-state index contributed by atoms with van der Waals surface area (Å²) in [4.78, 5) is 51.6. The highest BCUT2D eigenvalue weighted by molar-refractivity contribution is 5.98. The molecule has 0 aromatic heterocycles. The maximum absolute atomic E-state index is 13.3. The summed E-state index contributed by atoms with van der Waals surface area (Å²) in [5.41, 5.74) is 4.67. The largest absolute Gasteiger partial charge is 0.423 e. The monoisotopic (exact) mass is 756 g/mol. The number of hydrogen-bond donors (Lipinski definition) is 0. The van der Waals surface area contributed by atoms with Crippen LogP contribution in [0.25, 0.3) is 32.7 Å². The molecule has 0 fully saturated rings. The van der Waals surface area contributed by atoms with E-state index in [9.17, 15) is 19.2 Å². The van der Waals surface area contributed by atoms with E-state index >= 15 is 0 Å². The Hall–Kier alpha value is -7.32. The molecular weight excluding hydrogens is 717 g/mol. The van der Waals surface area contributed by atoms with Crippen molar-refractivity contribution in [2.24, 2.45) is 0 Å². The Morgan fingerprint density at radius 1 is 0.439 bits per heavy atom. The van der Waals surface area contributed by atoms with Crippen molar-refractivity contribution in [1.82, 2.24) is 0 Å². The minimum absolute atomic E-state index is 0.185. The van der Waals surface area contributed by atoms with Crippen LogP contribution in [0.4, 0.5) is 0 Å². The molecule has 8 nitrogen and oxygen atoms in total. The average molecular weight is 757 g/mol. The quantitative estimate of drug-likeness (QED) is 0.0526. The lowest BCUT2D eigenvalue weighted by atomic mass is 9.79. The Labute approximate surface area is 331 Å². The zero-order chi connectivity index (χ0) is 41.0. The van der Waals surface area contributed by atoms with Crippen molar-refractivity contribution in [2.45, 2.75) is 33.6 Å². The predicted octanol–water partition coefficient (Wildman–Crippen LogP) is 10.8. The third-order valence-electron chi connectivity index (χ3n) is 9.13. The van der Waals surface area contributed by atoms with E-state index in [1.807, 2.05) is 54.6 Å². The lowest BCUT2D eigenvalue weighted by Crippen LogP contribution is -2.15. The third kappa shape index (κ3) is 8.66. The molecular formula is C49H40O8. The van der Waals surface area contributed by atoms with Gasteiger partial charge in [-0.15, -0.1) is 0 Å². The van der Waals surface area contributed by atoms with Crippen LogP contribution in [0.1, 0.15) is 50.3 Å². The smallest absolute Gasteiger partial charge is 0.338 e. The Morgan fingerprint density at radius 2 is 0.825 bits per heavy atom. The SMILES string of the molecule is C=C(C)C(=O)Oc1ccc2c(C(c3ccc(-c4ccccc4)cc3)c3c(OC(=O)C(=C)C)ccc4cc(OC(=O)C(=C)C)ccc34)c(OC(=O)C(=C)C)ccc2c1. The van der Waals surface area contributed by atoms with Crippen molar-refractivity contribution >= 4 is 45.4 Å². The molecule has 0 aliphatic carbocycles. The zero-order valence-electron chi connectivity index (χ0n) is 32.1. The summed E-state index contributed by atoms with van der Waals surface area (Å²) >= 11 is 0. The molecule has 0 aliphatic rings. The van der Waals surface area contributed by atoms with E-state index in [1.165, 1.54) is 0 Å². The summed E-state index contributed by atoms with van der Waals surface area (Å²) < 4.78 is 23.4. The van der Waals surface area contributed by atoms with Crippen molar-refractivity contribution in [3.63, 3.8) is 0 Å². The van der Waals surface area contributed by atoms with Gasteiger partial charge >= 0.3 is 23.9 Å². The molecule has 6 aromatic carbocycles. The first-order chi connectivity index (χ1) is 27.2. The number of hydrogen-bond acceptors (Lipinski definition) is 8. The number of esters is 4. The maximum Gasteiger partial charge on any atom is 0.338 e. The van der Waals surface area contributed by atoms with Gasteiger partial charge in [0, 0.05) is 39.3 Å². The molecule has 0 N–H and O–H groups in total. The maximum atomic E-state index is 13.3. The molecule has 0 atom stereocenters. The lowest BCUT2D eigenvalue weighted by molar-refractivity contribution is -0.131. The number of benzene rings is 6. The van der Waals surface area contributed by atoms with Crippen LogP contribution < -0.4 is 18.9 Å². The van der Waals surface area contributed by atoms with Gasteiger partial charge in [-0.05, 0) is 102 Å². The van der Waals surface area contributed by atoms with E-state index in [-0.39, 0.29) is 45.3 Å². The van der Waals surface area contributed by atoms with Gasteiger partial charge in [-0.25, -0.2) is 19.2 Å². The molecule has 0 bridgehead atoms. The number of rotatable bonds is 12. The second-order valence-corrected chi connectivity index (χ2v) is 13.8. The zero-order valence-corrected chi connectivity index (χ0v) is 32.1. The summed E-state index contributed by atoms with van der Waals surface area (Å²) in [6.45, 7) is 21.2. The van der Waals surface area contributed by atoms with Gasteiger partial charge in [0.05, 0.1) is 0 Å². The minimum atomic E-state index is -0.782. The highest BCUT2D eigenvalue weighted by Gasteiger charge is 2.30. The molecule has 57 heavy (non-hydrogen) atoms. The molecule has 6 aromatic rings. The summed E-state index contributed by atoms with van der Waals surface area (Å²) in [7, 11) is 0. The van der Waals surface area contributed by atoms with Gasteiger partial charge in [-0.1, -0.05) is 105 Å². The minimum Gasteiger partial charge on any atom is -0.423 e. The lowest BCUT2D eigenvalue weighted by Gasteiger charge is -2.27. The number of ether oxygens (including phenoxy) is 4. The van der Waals surface area contributed by atoms with Crippen LogP contribution in [0.2, 0.25) is 0 Å². The van der Waals surface area contributed by atoms with E-state index in [4.69, 9.17) is 18.9 Å². The molecule has 8 heteroatoms. The number of fused-ring (bicyclic) bond motifs is 2. The van der Waals surface area contributed by atoms with Gasteiger partial charge in [-0.3, -0.25) is 0 Å². The van der Waals surface area contributed by atoms with Crippen LogP contribution in [0.15, 0.2) is 164 Å². The molecule has 284 valence electrons. The summed E-state index contributed by atoms with van der Waals surface area (Å²) in [6, 6.07) is 35.1. The fourth-order valence-corrected chi connectivity index (χ4v) is 6.26. The van der Waals surface area contributed by atoms with E-state index in [0.717, 1.165) is 16.7 Å². The van der Waals surface area contributed by atoms with Crippen molar-refractivity contribution in [1.29, 1.82) is 0 Å². The Bertz CT molecular complexity index is 2510. The van der Waals surface area contributed by atoms with Crippen LogP contribution in [0, 0.1) is 0 Å². The number of carbonyl (C=O) groups excluding carboxylic acids is 4. The molecule has 0 spiro atoms. The van der Waals surface area contributed by atoms with E-state index < -0.39 is 29.8 Å². The standard InChI is InChI=1S/C49H40O8/c1-28(2)46(50)54-37-20-22-39-35(26-37)18-24-41(56-48(52)30(5)6)44(39)43(34-16-14-33(15-17-34)32-12-10-9-11-13-32)45-40-23-21-38(55-47(51)29(3)4)27-36(40)19-25-42(45)57-49(53)31(7)8/h9-27,43H,1,3,5,7H2,2,4,6,8H3. The fourth-order valence-electron chi connectivity index (χ4n) is 6.26. The molecule has 0 radical (unpaired) electrons. The highest BCUT2D eigenvalue weighted by Crippen LogP contribution is 2.48. The van der Waals surface area contributed by atoms with Crippen LogP contribution in [-0.2, 0) is 19.2 Å². The number of carbonyl (C=O) groups is 4. The molecule has 0 saturated carbocycles. The van der Waals surface area contributed by atoms with Gasteiger partial charge in [0.1, 0.15) is 23.0 Å². The Balaban J connectivity index is 1.70. The second-order valence-electron chi connectivity index (χ2n) is 13.8. The van der Waals surface area contributed by atoms with E-state index in [1.54, 1.807) is 88.4 Å². The summed E-state index contributed by atoms with van der Waals surface area (Å²) in [5, 5.41) is 2.62. The van der Waals surface area contributed by atoms with Crippen LogP contribution in [0.5, 0.6) is 23.0 Å². The van der Waals surface area contributed by atoms with Gasteiger partial charge in [0.2, 0.25) is 0 Å². The van der Waals surface area contributed by atoms with Crippen LogP contribution in [-0.4, -0.2) is 23.9 Å².